The van der Waals surface area contributed by atoms with Crippen LogP contribution in [0.4, 0.5) is 0 Å². The third-order valence-electron chi connectivity index (χ3n) is 6.14. The lowest BCUT2D eigenvalue weighted by Gasteiger charge is -2.45. The quantitative estimate of drug-likeness (QED) is 0.625. The van der Waals surface area contributed by atoms with E-state index in [-0.39, 0.29) is 29.1 Å². The summed E-state index contributed by atoms with van der Waals surface area (Å²) >= 11 is 0. The van der Waals surface area contributed by atoms with Gasteiger partial charge in [-0.25, -0.2) is 4.68 Å². The zero-order chi connectivity index (χ0) is 19.1. The number of hydrogen-bond donors (Lipinski definition) is 1. The average Bonchev–Trinajstić information content (AvgIpc) is 3.01. The number of carbonyl (C=O) groups excluding carboxylic acids is 1. The summed E-state index contributed by atoms with van der Waals surface area (Å²) in [7, 11) is -1.93. The number of rotatable bonds is 5. The first-order valence-corrected chi connectivity index (χ1v) is 12.6. The Morgan fingerprint density at radius 2 is 2.08 bits per heavy atom. The molecule has 7 heteroatoms. The molecule has 0 aromatic carbocycles. The zero-order valence-electron chi connectivity index (χ0n) is 16.9. The maximum Gasteiger partial charge on any atom is 0.231 e. The number of carbonyl (C=O) groups is 1. The van der Waals surface area contributed by atoms with E-state index in [2.05, 4.69) is 55.6 Å². The maximum atomic E-state index is 12.3. The summed E-state index contributed by atoms with van der Waals surface area (Å²) in [5.74, 6) is -0.186. The highest BCUT2D eigenvalue weighted by Crippen LogP contribution is 2.40. The van der Waals surface area contributed by atoms with Crippen molar-refractivity contribution < 1.29 is 9.22 Å². The Balaban J connectivity index is 1.72. The van der Waals surface area contributed by atoms with Crippen LogP contribution >= 0.6 is 0 Å². The molecule has 1 aliphatic carbocycles. The van der Waals surface area contributed by atoms with Gasteiger partial charge in [0.25, 0.3) is 0 Å². The molecule has 26 heavy (non-hydrogen) atoms. The summed E-state index contributed by atoms with van der Waals surface area (Å²) < 4.78 is 8.25. The van der Waals surface area contributed by atoms with Gasteiger partial charge < -0.3 is 9.74 Å². The van der Waals surface area contributed by atoms with E-state index >= 15 is 0 Å². The van der Waals surface area contributed by atoms with E-state index in [4.69, 9.17) is 4.43 Å². The minimum Gasteiger partial charge on any atom is -0.413 e. The van der Waals surface area contributed by atoms with Crippen molar-refractivity contribution in [2.75, 3.05) is 0 Å². The fourth-order valence-corrected chi connectivity index (χ4v) is 4.85. The molecule has 1 aliphatic heterocycles. The van der Waals surface area contributed by atoms with Gasteiger partial charge >= 0.3 is 0 Å². The van der Waals surface area contributed by atoms with Crippen molar-refractivity contribution >= 4 is 19.8 Å². The Labute approximate surface area is 157 Å². The molecule has 1 aromatic heterocycles. The minimum atomic E-state index is -1.93. The Morgan fingerprint density at radius 3 is 2.65 bits per heavy atom. The van der Waals surface area contributed by atoms with Gasteiger partial charge in [0.15, 0.2) is 8.32 Å². The van der Waals surface area contributed by atoms with Gasteiger partial charge in [0, 0.05) is 0 Å². The van der Waals surface area contributed by atoms with Crippen LogP contribution in [-0.4, -0.2) is 35.3 Å². The molecule has 0 bridgehead atoms. The van der Waals surface area contributed by atoms with Crippen molar-refractivity contribution in [3.8, 4) is 0 Å². The molecule has 144 valence electrons. The molecule has 1 N–H and O–H groups in total. The number of amides is 1. The van der Waals surface area contributed by atoms with Gasteiger partial charge in [-0.2, -0.15) is 0 Å². The summed E-state index contributed by atoms with van der Waals surface area (Å²) in [5.41, 5.74) is 2.21. The van der Waals surface area contributed by atoms with Gasteiger partial charge in [-0.15, -0.1) is 5.10 Å². The van der Waals surface area contributed by atoms with Crippen molar-refractivity contribution in [2.45, 2.75) is 83.8 Å². The van der Waals surface area contributed by atoms with Crippen molar-refractivity contribution in [1.29, 1.82) is 0 Å². The zero-order valence-corrected chi connectivity index (χ0v) is 17.9. The van der Waals surface area contributed by atoms with Crippen LogP contribution in [0.3, 0.4) is 0 Å². The number of allylic oxidation sites excluding steroid dienone is 2. The molecule has 3 atom stereocenters. The molecule has 0 spiro atoms. The van der Waals surface area contributed by atoms with Gasteiger partial charge in [0.1, 0.15) is 17.8 Å². The molecular weight excluding hydrogens is 344 g/mol. The van der Waals surface area contributed by atoms with Crippen LogP contribution in [-0.2, 0) is 9.22 Å². The predicted molar refractivity (Wildman–Crippen MR) is 105 cm³/mol. The van der Waals surface area contributed by atoms with Crippen LogP contribution < -0.4 is 5.32 Å². The third-order valence-corrected chi connectivity index (χ3v) is 10.7. The molecule has 3 rings (SSSR count). The lowest BCUT2D eigenvalue weighted by Crippen LogP contribution is -2.60. The van der Waals surface area contributed by atoms with Crippen molar-refractivity contribution in [1.82, 2.24) is 20.3 Å². The van der Waals surface area contributed by atoms with E-state index in [1.165, 1.54) is 18.4 Å². The topological polar surface area (TPSA) is 69.0 Å². The average molecular weight is 377 g/mol. The molecule has 0 unspecified atom stereocenters. The number of aromatic nitrogens is 3. The first-order valence-electron chi connectivity index (χ1n) is 9.69. The van der Waals surface area contributed by atoms with E-state index in [1.54, 1.807) is 4.68 Å². The smallest absolute Gasteiger partial charge is 0.231 e. The van der Waals surface area contributed by atoms with Crippen LogP contribution in [0, 0.1) is 5.92 Å². The van der Waals surface area contributed by atoms with Gasteiger partial charge in [-0.3, -0.25) is 4.79 Å². The monoisotopic (exact) mass is 376 g/mol. The lowest BCUT2D eigenvalue weighted by atomic mass is 9.91. The number of hydrogen-bond acceptors (Lipinski definition) is 4. The van der Waals surface area contributed by atoms with E-state index < -0.39 is 8.32 Å². The van der Waals surface area contributed by atoms with E-state index in [1.807, 2.05) is 13.1 Å². The highest BCUT2D eigenvalue weighted by molar-refractivity contribution is 6.74. The molecule has 2 heterocycles. The Kier molecular flexibility index (Phi) is 5.14. The van der Waals surface area contributed by atoms with Crippen molar-refractivity contribution in [3.63, 3.8) is 0 Å². The SMILES string of the molecule is C[C@@H](O[Si](C)(C)C(C)(C)C)[C@H]1C(=O)N[C@@H]1n1cc(C2=CCCCC2)nn1. The fraction of sp³-hybridized carbons (Fsp3) is 0.737. The Bertz CT molecular complexity index is 705. The molecule has 1 saturated heterocycles. The third kappa shape index (κ3) is 3.64. The second-order valence-corrected chi connectivity index (χ2v) is 13.9. The number of nitrogens with one attached hydrogen (secondary N) is 1. The number of nitrogens with zero attached hydrogens (tertiary/aromatic N) is 3. The molecule has 0 saturated carbocycles. The maximum absolute atomic E-state index is 12.3. The summed E-state index contributed by atoms with van der Waals surface area (Å²) in [6, 6.07) is 0. The van der Waals surface area contributed by atoms with Gasteiger partial charge in [0.05, 0.1) is 12.3 Å². The minimum absolute atomic E-state index is 0.0372. The highest BCUT2D eigenvalue weighted by atomic mass is 28.4. The second kappa shape index (κ2) is 6.92. The van der Waals surface area contributed by atoms with Crippen LogP contribution in [0.5, 0.6) is 0 Å². The molecule has 1 fully saturated rings. The first kappa shape index (κ1) is 19.3. The van der Waals surface area contributed by atoms with Crippen LogP contribution in [0.1, 0.15) is 65.2 Å². The van der Waals surface area contributed by atoms with Crippen LogP contribution in [0.25, 0.3) is 5.57 Å². The van der Waals surface area contributed by atoms with Crippen LogP contribution in [0.15, 0.2) is 12.3 Å². The molecule has 1 amide bonds. The van der Waals surface area contributed by atoms with Crippen molar-refractivity contribution in [3.05, 3.63) is 18.0 Å². The largest absolute Gasteiger partial charge is 0.413 e. The summed E-state index contributed by atoms with van der Waals surface area (Å²) in [6.45, 7) is 13.1. The Morgan fingerprint density at radius 1 is 1.35 bits per heavy atom. The standard InChI is InChI=1S/C19H32N4O2Si/c1-13(25-26(5,6)19(2,3)4)16-17(20-18(16)24)23-12-15(21-22-23)14-10-8-7-9-11-14/h10,12-13,16-17H,7-9,11H2,1-6H3,(H,20,24)/t13-,16-,17-/m1/s1. The Hall–Kier alpha value is -1.47. The molecule has 6 nitrogen and oxygen atoms in total. The fourth-order valence-electron chi connectivity index (χ4n) is 3.42. The molecule has 2 aliphatic rings. The summed E-state index contributed by atoms with van der Waals surface area (Å²) in [4.78, 5) is 12.3. The summed E-state index contributed by atoms with van der Waals surface area (Å²) in [6.07, 6.45) is 8.54. The summed E-state index contributed by atoms with van der Waals surface area (Å²) in [5, 5.41) is 11.7. The highest BCUT2D eigenvalue weighted by Gasteiger charge is 2.48. The van der Waals surface area contributed by atoms with E-state index in [0.717, 1.165) is 18.5 Å². The first-order chi connectivity index (χ1) is 12.1. The lowest BCUT2D eigenvalue weighted by molar-refractivity contribution is -0.144. The van der Waals surface area contributed by atoms with Gasteiger partial charge in [-0.1, -0.05) is 32.1 Å². The number of β-lactam (4-membered cyclic amide) rings is 1. The van der Waals surface area contributed by atoms with Crippen molar-refractivity contribution in [2.24, 2.45) is 5.92 Å². The molecule has 1 aromatic rings. The second-order valence-electron chi connectivity index (χ2n) is 9.12. The molecule has 0 radical (unpaired) electrons. The van der Waals surface area contributed by atoms with Gasteiger partial charge in [0.2, 0.25) is 5.91 Å². The van der Waals surface area contributed by atoms with Crippen LogP contribution in [0.2, 0.25) is 18.1 Å². The van der Waals surface area contributed by atoms with Gasteiger partial charge in [-0.05, 0) is 56.3 Å². The molecular formula is C19H32N4O2Si. The van der Waals surface area contributed by atoms with E-state index in [0.29, 0.717) is 0 Å². The predicted octanol–water partition coefficient (Wildman–Crippen LogP) is 3.89. The normalized spacial score (nSPS) is 25.3. The van der Waals surface area contributed by atoms with E-state index in [9.17, 15) is 4.79 Å².